The highest BCUT2D eigenvalue weighted by molar-refractivity contribution is 5.76. The first-order chi connectivity index (χ1) is 34.0. The molecule has 69 heavy (non-hydrogen) atoms. The summed E-state index contributed by atoms with van der Waals surface area (Å²) in [5.41, 5.74) is 0. The van der Waals surface area contributed by atoms with Crippen LogP contribution >= 0.6 is 0 Å². The van der Waals surface area contributed by atoms with Gasteiger partial charge in [0.15, 0.2) is 0 Å². The Kier molecular flexibility index (Phi) is 57.5. The molecule has 0 bridgehead atoms. The van der Waals surface area contributed by atoms with Gasteiger partial charge in [-0.2, -0.15) is 0 Å². The van der Waals surface area contributed by atoms with E-state index in [-0.39, 0.29) is 18.5 Å². The Bertz CT molecular complexity index is 1080. The van der Waals surface area contributed by atoms with Crippen LogP contribution in [0, 0.1) is 0 Å². The minimum Gasteiger partial charge on any atom is -0.466 e. The van der Waals surface area contributed by atoms with Gasteiger partial charge in [-0.3, -0.25) is 9.59 Å². The number of aliphatic hydroxyl groups excluding tert-OH is 2. The largest absolute Gasteiger partial charge is 0.466 e. The third-order valence-electron chi connectivity index (χ3n) is 14.5. The number of allylic oxidation sites excluding steroid dienone is 4. The van der Waals surface area contributed by atoms with Crippen LogP contribution in [0.5, 0.6) is 0 Å². The van der Waals surface area contributed by atoms with Gasteiger partial charge in [-0.1, -0.05) is 276 Å². The van der Waals surface area contributed by atoms with Gasteiger partial charge in [0.05, 0.1) is 25.4 Å². The fourth-order valence-corrected chi connectivity index (χ4v) is 9.69. The van der Waals surface area contributed by atoms with Crippen molar-refractivity contribution in [3.05, 3.63) is 24.3 Å². The van der Waals surface area contributed by atoms with Crippen molar-refractivity contribution in [2.45, 2.75) is 353 Å². The van der Waals surface area contributed by atoms with Gasteiger partial charge in [0.2, 0.25) is 5.91 Å². The van der Waals surface area contributed by atoms with Gasteiger partial charge in [0.1, 0.15) is 0 Å². The molecule has 0 heterocycles. The number of ether oxygens (including phenoxy) is 1. The highest BCUT2D eigenvalue weighted by Crippen LogP contribution is 2.17. The second-order valence-corrected chi connectivity index (χ2v) is 21.4. The second-order valence-electron chi connectivity index (χ2n) is 21.4. The summed E-state index contributed by atoms with van der Waals surface area (Å²) < 4.78 is 5.47. The Morgan fingerprint density at radius 2 is 0.681 bits per heavy atom. The molecule has 6 nitrogen and oxygen atoms in total. The SMILES string of the molecule is CCCCCC/C=C\CCCCCCCC(=O)OCCCCCCCCCCCCCC/C=C\CCCCCCCCCCC(=O)NC(CO)C(O)CCCCCCCCCCCCCCCCC. The molecular weight excluding hydrogens is 851 g/mol. The maximum Gasteiger partial charge on any atom is 0.305 e. The monoisotopic (exact) mass is 972 g/mol. The summed E-state index contributed by atoms with van der Waals surface area (Å²) in [6.07, 6.45) is 71.9. The molecule has 0 radical (unpaired) electrons. The van der Waals surface area contributed by atoms with Gasteiger partial charge in [0, 0.05) is 12.8 Å². The van der Waals surface area contributed by atoms with E-state index in [4.69, 9.17) is 4.74 Å². The molecule has 0 rings (SSSR count). The standard InChI is InChI=1S/C63H121NO5/c1-3-5-7-9-11-13-15-17-28-32-35-39-43-47-51-55-61(66)60(59-65)64-62(67)56-52-48-44-40-36-33-29-26-24-22-20-18-19-21-23-25-27-30-34-38-42-46-50-54-58-69-63(68)57-53-49-45-41-37-31-16-14-12-10-8-6-4-2/h14,16,20,22,60-61,65-66H,3-13,15,17-19,21,23-59H2,1-2H3,(H,64,67)/b16-14-,22-20-. The molecule has 0 aliphatic carbocycles. The van der Waals surface area contributed by atoms with Crippen LogP contribution in [-0.4, -0.2) is 47.4 Å². The molecule has 0 aliphatic heterocycles. The highest BCUT2D eigenvalue weighted by Gasteiger charge is 2.20. The number of hydrogen-bond donors (Lipinski definition) is 3. The second kappa shape index (κ2) is 58.9. The summed E-state index contributed by atoms with van der Waals surface area (Å²) in [6.45, 7) is 4.95. The van der Waals surface area contributed by atoms with E-state index >= 15 is 0 Å². The summed E-state index contributed by atoms with van der Waals surface area (Å²) in [6, 6.07) is -0.544. The minimum atomic E-state index is -0.667. The van der Waals surface area contributed by atoms with Crippen molar-refractivity contribution < 1.29 is 24.5 Å². The molecule has 6 heteroatoms. The number of aliphatic hydroxyl groups is 2. The normalized spacial score (nSPS) is 12.7. The van der Waals surface area contributed by atoms with Crippen LogP contribution in [0.15, 0.2) is 24.3 Å². The van der Waals surface area contributed by atoms with Crippen LogP contribution in [0.3, 0.4) is 0 Å². The molecule has 2 unspecified atom stereocenters. The average molecular weight is 973 g/mol. The number of unbranched alkanes of at least 4 members (excludes halogenated alkanes) is 43. The van der Waals surface area contributed by atoms with Crippen molar-refractivity contribution in [2.24, 2.45) is 0 Å². The highest BCUT2D eigenvalue weighted by atomic mass is 16.5. The average Bonchev–Trinajstić information content (AvgIpc) is 3.35. The van der Waals surface area contributed by atoms with Gasteiger partial charge >= 0.3 is 5.97 Å². The van der Waals surface area contributed by atoms with Crippen LogP contribution < -0.4 is 5.32 Å². The molecule has 0 aromatic rings. The molecule has 1 amide bonds. The van der Waals surface area contributed by atoms with Crippen LogP contribution in [0.2, 0.25) is 0 Å². The van der Waals surface area contributed by atoms with Gasteiger partial charge in [-0.25, -0.2) is 0 Å². The fourth-order valence-electron chi connectivity index (χ4n) is 9.69. The van der Waals surface area contributed by atoms with Crippen molar-refractivity contribution in [1.82, 2.24) is 5.32 Å². The number of carbonyl (C=O) groups excluding carboxylic acids is 2. The number of hydrogen-bond acceptors (Lipinski definition) is 5. The van der Waals surface area contributed by atoms with Gasteiger partial charge in [-0.05, 0) is 77.0 Å². The summed E-state index contributed by atoms with van der Waals surface area (Å²) in [5, 5.41) is 23.3. The van der Waals surface area contributed by atoms with E-state index in [0.717, 1.165) is 44.9 Å². The molecule has 0 aromatic heterocycles. The van der Waals surface area contributed by atoms with Crippen molar-refractivity contribution in [2.75, 3.05) is 13.2 Å². The lowest BCUT2D eigenvalue weighted by molar-refractivity contribution is -0.143. The summed E-state index contributed by atoms with van der Waals surface area (Å²) in [4.78, 5) is 24.5. The lowest BCUT2D eigenvalue weighted by atomic mass is 10.0. The quantitative estimate of drug-likeness (QED) is 0.0321. The first-order valence-electron chi connectivity index (χ1n) is 31.1. The smallest absolute Gasteiger partial charge is 0.305 e. The fraction of sp³-hybridized carbons (Fsp3) is 0.905. The maximum absolute atomic E-state index is 12.5. The third-order valence-corrected chi connectivity index (χ3v) is 14.5. The molecule has 3 N–H and O–H groups in total. The Morgan fingerprint density at radius 3 is 1.04 bits per heavy atom. The maximum atomic E-state index is 12.5. The van der Waals surface area contributed by atoms with Gasteiger partial charge < -0.3 is 20.3 Å². The number of carbonyl (C=O) groups is 2. The van der Waals surface area contributed by atoms with Crippen LogP contribution in [0.25, 0.3) is 0 Å². The number of nitrogens with one attached hydrogen (secondary N) is 1. The molecule has 0 spiro atoms. The van der Waals surface area contributed by atoms with E-state index in [1.54, 1.807) is 0 Å². The van der Waals surface area contributed by atoms with E-state index < -0.39 is 12.1 Å². The van der Waals surface area contributed by atoms with E-state index in [9.17, 15) is 19.8 Å². The van der Waals surface area contributed by atoms with E-state index in [1.807, 2.05) is 0 Å². The zero-order valence-electron chi connectivity index (χ0n) is 46.6. The summed E-state index contributed by atoms with van der Waals surface area (Å²) in [7, 11) is 0. The summed E-state index contributed by atoms with van der Waals surface area (Å²) >= 11 is 0. The van der Waals surface area contributed by atoms with Crippen molar-refractivity contribution >= 4 is 11.9 Å². The van der Waals surface area contributed by atoms with Crippen molar-refractivity contribution in [3.8, 4) is 0 Å². The lowest BCUT2D eigenvalue weighted by Crippen LogP contribution is -2.45. The Morgan fingerprint density at radius 1 is 0.391 bits per heavy atom. The zero-order chi connectivity index (χ0) is 50.0. The van der Waals surface area contributed by atoms with Crippen molar-refractivity contribution in [1.29, 1.82) is 0 Å². The van der Waals surface area contributed by atoms with Gasteiger partial charge in [-0.15, -0.1) is 0 Å². The molecule has 2 atom stereocenters. The molecular formula is C63H121NO5. The Balaban J connectivity index is 3.40. The predicted molar refractivity (Wildman–Crippen MR) is 301 cm³/mol. The molecule has 0 aliphatic rings. The number of esters is 1. The van der Waals surface area contributed by atoms with E-state index in [1.165, 1.54) is 263 Å². The first kappa shape index (κ1) is 67.3. The van der Waals surface area contributed by atoms with Crippen LogP contribution in [0.4, 0.5) is 0 Å². The molecule has 0 fully saturated rings. The zero-order valence-corrected chi connectivity index (χ0v) is 46.6. The van der Waals surface area contributed by atoms with Crippen LogP contribution in [0.1, 0.15) is 341 Å². The number of amides is 1. The topological polar surface area (TPSA) is 95.9 Å². The number of rotatable bonds is 58. The minimum absolute atomic E-state index is 0.00354. The summed E-state index contributed by atoms with van der Waals surface area (Å²) in [5.74, 6) is -0.0342. The molecule has 408 valence electrons. The van der Waals surface area contributed by atoms with E-state index in [0.29, 0.717) is 25.9 Å². The first-order valence-corrected chi connectivity index (χ1v) is 31.1. The molecule has 0 saturated heterocycles. The Labute approximate surface area is 431 Å². The van der Waals surface area contributed by atoms with E-state index in [2.05, 4.69) is 43.5 Å². The molecule has 0 aromatic carbocycles. The lowest BCUT2D eigenvalue weighted by Gasteiger charge is -2.22. The van der Waals surface area contributed by atoms with Gasteiger partial charge in [0.25, 0.3) is 0 Å². The third kappa shape index (κ3) is 55.5. The molecule has 0 saturated carbocycles. The van der Waals surface area contributed by atoms with Crippen LogP contribution in [-0.2, 0) is 14.3 Å². The predicted octanol–water partition coefficient (Wildman–Crippen LogP) is 19.4. The van der Waals surface area contributed by atoms with Crippen molar-refractivity contribution in [3.63, 3.8) is 0 Å². The Hall–Kier alpha value is -1.66.